The molecule has 96 valence electrons. The lowest BCUT2D eigenvalue weighted by molar-refractivity contribution is 0.619. The summed E-state index contributed by atoms with van der Waals surface area (Å²) in [6.45, 7) is 0. The Kier molecular flexibility index (Phi) is 3.89. The molecule has 1 aromatic carbocycles. The quantitative estimate of drug-likeness (QED) is 0.592. The highest BCUT2D eigenvalue weighted by Crippen LogP contribution is 2.25. The first kappa shape index (κ1) is 13.2. The highest BCUT2D eigenvalue weighted by Gasteiger charge is 2.09. The molecule has 0 saturated carbocycles. The third-order valence-corrected chi connectivity index (χ3v) is 2.72. The standard InChI is InChI=1S/C11H8BrFN6/c12-7-2-1-6(4-14)9(3-7)17-10-8(13)5-16-11(18-10)19-15/h1-3,5H,15H2,(H2,16,17,18,19). The topological polar surface area (TPSA) is 99.7 Å². The number of aromatic nitrogens is 2. The van der Waals surface area contributed by atoms with Crippen molar-refractivity contribution in [3.8, 4) is 6.07 Å². The molecule has 2 rings (SSSR count). The van der Waals surface area contributed by atoms with Gasteiger partial charge in [-0.25, -0.2) is 15.2 Å². The minimum absolute atomic E-state index is 0.0670. The Hall–Kier alpha value is -2.24. The molecule has 0 atom stereocenters. The van der Waals surface area contributed by atoms with Gasteiger partial charge in [0.05, 0.1) is 17.4 Å². The number of nitrogens with two attached hydrogens (primary N) is 1. The molecule has 0 aliphatic heterocycles. The van der Waals surface area contributed by atoms with Crippen LogP contribution in [0.25, 0.3) is 0 Å². The molecule has 1 aromatic heterocycles. The van der Waals surface area contributed by atoms with Gasteiger partial charge in [0.15, 0.2) is 11.6 Å². The molecule has 2 aromatic rings. The van der Waals surface area contributed by atoms with E-state index in [9.17, 15) is 4.39 Å². The Morgan fingerprint density at radius 2 is 2.21 bits per heavy atom. The molecule has 0 saturated heterocycles. The Bertz CT molecular complexity index is 654. The van der Waals surface area contributed by atoms with E-state index >= 15 is 0 Å². The zero-order valence-corrected chi connectivity index (χ0v) is 11.1. The number of nitriles is 1. The molecule has 0 radical (unpaired) electrons. The largest absolute Gasteiger partial charge is 0.336 e. The number of nitrogen functional groups attached to an aromatic ring is 1. The van der Waals surface area contributed by atoms with Crippen LogP contribution in [0.3, 0.4) is 0 Å². The van der Waals surface area contributed by atoms with Crippen LogP contribution < -0.4 is 16.6 Å². The fraction of sp³-hybridized carbons (Fsp3) is 0. The molecular formula is C11H8BrFN6. The van der Waals surface area contributed by atoms with Crippen LogP contribution in [0, 0.1) is 17.1 Å². The van der Waals surface area contributed by atoms with E-state index in [4.69, 9.17) is 11.1 Å². The normalized spacial score (nSPS) is 9.79. The molecule has 0 aliphatic carbocycles. The monoisotopic (exact) mass is 322 g/mol. The number of rotatable bonds is 3. The minimum atomic E-state index is -0.650. The van der Waals surface area contributed by atoms with Crippen LogP contribution in [-0.4, -0.2) is 9.97 Å². The Labute approximate surface area is 116 Å². The maximum absolute atomic E-state index is 13.6. The van der Waals surface area contributed by atoms with E-state index in [1.54, 1.807) is 18.2 Å². The highest BCUT2D eigenvalue weighted by atomic mass is 79.9. The van der Waals surface area contributed by atoms with E-state index in [1.165, 1.54) is 0 Å². The van der Waals surface area contributed by atoms with Crippen molar-refractivity contribution in [2.24, 2.45) is 5.84 Å². The second kappa shape index (κ2) is 5.60. The van der Waals surface area contributed by atoms with Crippen LogP contribution >= 0.6 is 15.9 Å². The molecule has 0 fully saturated rings. The van der Waals surface area contributed by atoms with Crippen molar-refractivity contribution < 1.29 is 4.39 Å². The number of benzene rings is 1. The van der Waals surface area contributed by atoms with Gasteiger partial charge in [0, 0.05) is 4.47 Å². The molecule has 4 N–H and O–H groups in total. The van der Waals surface area contributed by atoms with Crippen molar-refractivity contribution in [1.29, 1.82) is 5.26 Å². The van der Waals surface area contributed by atoms with Crippen molar-refractivity contribution in [2.45, 2.75) is 0 Å². The molecule has 6 nitrogen and oxygen atoms in total. The second-order valence-corrected chi connectivity index (χ2v) is 4.38. The average Bonchev–Trinajstić information content (AvgIpc) is 2.41. The molecule has 1 heterocycles. The fourth-order valence-corrected chi connectivity index (χ4v) is 1.73. The van der Waals surface area contributed by atoms with Crippen LogP contribution in [-0.2, 0) is 0 Å². The number of nitrogens with one attached hydrogen (secondary N) is 2. The third-order valence-electron chi connectivity index (χ3n) is 2.23. The molecule has 8 heteroatoms. The number of nitrogens with zero attached hydrogens (tertiary/aromatic N) is 3. The molecular weight excluding hydrogens is 315 g/mol. The van der Waals surface area contributed by atoms with Crippen LogP contribution in [0.2, 0.25) is 0 Å². The fourth-order valence-electron chi connectivity index (χ4n) is 1.37. The number of hydrogen-bond acceptors (Lipinski definition) is 6. The van der Waals surface area contributed by atoms with Gasteiger partial charge in [-0.15, -0.1) is 0 Å². The summed E-state index contributed by atoms with van der Waals surface area (Å²) in [5.74, 6) is 4.50. The average molecular weight is 323 g/mol. The van der Waals surface area contributed by atoms with Crippen molar-refractivity contribution in [2.75, 3.05) is 10.7 Å². The molecule has 0 bridgehead atoms. The summed E-state index contributed by atoms with van der Waals surface area (Å²) in [7, 11) is 0. The summed E-state index contributed by atoms with van der Waals surface area (Å²) in [4.78, 5) is 7.46. The Morgan fingerprint density at radius 1 is 1.42 bits per heavy atom. The predicted octanol–water partition coefficient (Wildman–Crippen LogP) is 2.28. The SMILES string of the molecule is N#Cc1ccc(Br)cc1Nc1nc(NN)ncc1F. The van der Waals surface area contributed by atoms with Crippen LogP contribution in [0.4, 0.5) is 21.8 Å². The van der Waals surface area contributed by atoms with Crippen molar-refractivity contribution in [3.63, 3.8) is 0 Å². The maximum atomic E-state index is 13.6. The maximum Gasteiger partial charge on any atom is 0.239 e. The van der Waals surface area contributed by atoms with Crippen molar-refractivity contribution in [1.82, 2.24) is 9.97 Å². The van der Waals surface area contributed by atoms with Gasteiger partial charge in [-0.3, -0.25) is 5.43 Å². The summed E-state index contributed by atoms with van der Waals surface area (Å²) in [6, 6.07) is 6.97. The second-order valence-electron chi connectivity index (χ2n) is 3.46. The summed E-state index contributed by atoms with van der Waals surface area (Å²) in [6.07, 6.45) is 0.981. The van der Waals surface area contributed by atoms with E-state index < -0.39 is 5.82 Å². The van der Waals surface area contributed by atoms with E-state index in [0.29, 0.717) is 11.3 Å². The lowest BCUT2D eigenvalue weighted by Crippen LogP contribution is -2.12. The first-order valence-electron chi connectivity index (χ1n) is 5.10. The van der Waals surface area contributed by atoms with Gasteiger partial charge in [-0.2, -0.15) is 10.2 Å². The summed E-state index contributed by atoms with van der Waals surface area (Å²) < 4.78 is 14.3. The van der Waals surface area contributed by atoms with Gasteiger partial charge < -0.3 is 5.32 Å². The molecule has 0 aliphatic rings. The minimum Gasteiger partial charge on any atom is -0.336 e. The van der Waals surface area contributed by atoms with Crippen LogP contribution in [0.1, 0.15) is 5.56 Å². The van der Waals surface area contributed by atoms with Gasteiger partial charge in [-0.05, 0) is 18.2 Å². The van der Waals surface area contributed by atoms with E-state index in [1.807, 2.05) is 6.07 Å². The molecule has 0 spiro atoms. The van der Waals surface area contributed by atoms with E-state index in [-0.39, 0.29) is 11.8 Å². The lowest BCUT2D eigenvalue weighted by Gasteiger charge is -2.09. The number of anilines is 3. The summed E-state index contributed by atoms with van der Waals surface area (Å²) in [5.41, 5.74) is 3.01. The molecule has 19 heavy (non-hydrogen) atoms. The van der Waals surface area contributed by atoms with E-state index in [0.717, 1.165) is 10.7 Å². The first-order chi connectivity index (χ1) is 9.13. The van der Waals surface area contributed by atoms with E-state index in [2.05, 4.69) is 36.6 Å². The Morgan fingerprint density at radius 3 is 2.89 bits per heavy atom. The van der Waals surface area contributed by atoms with Crippen LogP contribution in [0.5, 0.6) is 0 Å². The van der Waals surface area contributed by atoms with Crippen LogP contribution in [0.15, 0.2) is 28.9 Å². The van der Waals surface area contributed by atoms with Gasteiger partial charge >= 0.3 is 0 Å². The predicted molar refractivity (Wildman–Crippen MR) is 71.9 cm³/mol. The smallest absolute Gasteiger partial charge is 0.239 e. The van der Waals surface area contributed by atoms with Crippen molar-refractivity contribution in [3.05, 3.63) is 40.2 Å². The van der Waals surface area contributed by atoms with Gasteiger partial charge in [0.1, 0.15) is 6.07 Å². The van der Waals surface area contributed by atoms with Crippen molar-refractivity contribution >= 4 is 33.4 Å². The Balaban J connectivity index is 2.41. The van der Waals surface area contributed by atoms with Gasteiger partial charge in [0.2, 0.25) is 5.95 Å². The number of hydrazine groups is 1. The zero-order valence-electron chi connectivity index (χ0n) is 9.48. The zero-order chi connectivity index (χ0) is 13.8. The summed E-state index contributed by atoms with van der Waals surface area (Å²) >= 11 is 3.28. The summed E-state index contributed by atoms with van der Waals surface area (Å²) in [5, 5.41) is 11.7. The highest BCUT2D eigenvalue weighted by molar-refractivity contribution is 9.10. The first-order valence-corrected chi connectivity index (χ1v) is 5.89. The third kappa shape index (κ3) is 2.96. The number of halogens is 2. The van der Waals surface area contributed by atoms with Gasteiger partial charge in [0.25, 0.3) is 0 Å². The molecule has 0 unspecified atom stereocenters. The van der Waals surface area contributed by atoms with Gasteiger partial charge in [-0.1, -0.05) is 15.9 Å². The number of hydrogen-bond donors (Lipinski definition) is 3. The molecule has 0 amide bonds. The lowest BCUT2D eigenvalue weighted by atomic mass is 10.2.